The molecular weight excluding hydrogens is 274 g/mol. The molecule has 0 radical (unpaired) electrons. The van der Waals surface area contributed by atoms with Gasteiger partial charge in [-0.05, 0) is 57.9 Å². The van der Waals surface area contributed by atoms with E-state index in [0.717, 1.165) is 57.7 Å². The molecule has 0 unspecified atom stereocenters. The minimum atomic E-state index is -0.0232. The summed E-state index contributed by atoms with van der Waals surface area (Å²) in [5.74, 6) is 0.935. The fourth-order valence-corrected chi connectivity index (χ4v) is 4.10. The van der Waals surface area contributed by atoms with Crippen molar-refractivity contribution >= 4 is 5.95 Å². The third-order valence-corrected chi connectivity index (χ3v) is 5.42. The predicted molar refractivity (Wildman–Crippen MR) is 87.3 cm³/mol. The highest BCUT2D eigenvalue weighted by molar-refractivity contribution is 5.40. The molecular formula is C18H25N3O. The average Bonchev–Trinajstić information content (AvgIpc) is 2.97. The van der Waals surface area contributed by atoms with Crippen LogP contribution >= 0.6 is 0 Å². The van der Waals surface area contributed by atoms with Crippen molar-refractivity contribution < 1.29 is 4.74 Å². The lowest BCUT2D eigenvalue weighted by atomic mass is 9.87. The molecule has 0 amide bonds. The Morgan fingerprint density at radius 1 is 1.09 bits per heavy atom. The molecule has 3 aliphatic rings. The zero-order valence-electron chi connectivity index (χ0n) is 13.7. The molecule has 3 heterocycles. The molecule has 22 heavy (non-hydrogen) atoms. The van der Waals surface area contributed by atoms with Crippen molar-refractivity contribution in [1.29, 1.82) is 0 Å². The zero-order valence-corrected chi connectivity index (χ0v) is 13.7. The zero-order chi connectivity index (χ0) is 15.2. The van der Waals surface area contributed by atoms with Gasteiger partial charge in [-0.3, -0.25) is 0 Å². The minimum Gasteiger partial charge on any atom is -0.370 e. The van der Waals surface area contributed by atoms with Crippen molar-refractivity contribution in [2.45, 2.75) is 58.0 Å². The van der Waals surface area contributed by atoms with E-state index in [-0.39, 0.29) is 5.60 Å². The molecule has 4 rings (SSSR count). The first kappa shape index (κ1) is 14.2. The van der Waals surface area contributed by atoms with Crippen LogP contribution in [0.3, 0.4) is 0 Å². The molecule has 1 aromatic rings. The molecule has 0 saturated carbocycles. The summed E-state index contributed by atoms with van der Waals surface area (Å²) >= 11 is 0. The van der Waals surface area contributed by atoms with Crippen molar-refractivity contribution in [3.63, 3.8) is 0 Å². The van der Waals surface area contributed by atoms with Gasteiger partial charge in [0, 0.05) is 24.5 Å². The van der Waals surface area contributed by atoms with Gasteiger partial charge in [0.25, 0.3) is 0 Å². The van der Waals surface area contributed by atoms with E-state index in [1.54, 1.807) is 0 Å². The van der Waals surface area contributed by atoms with Gasteiger partial charge in [-0.15, -0.1) is 0 Å². The lowest BCUT2D eigenvalue weighted by Crippen LogP contribution is -2.47. The minimum absolute atomic E-state index is 0.0232. The van der Waals surface area contributed by atoms with Gasteiger partial charge in [0.15, 0.2) is 0 Å². The van der Waals surface area contributed by atoms with Crippen molar-refractivity contribution in [1.82, 2.24) is 9.97 Å². The molecule has 0 atom stereocenters. The lowest BCUT2D eigenvalue weighted by Gasteiger charge is -2.42. The van der Waals surface area contributed by atoms with E-state index in [9.17, 15) is 0 Å². The average molecular weight is 299 g/mol. The first-order valence-corrected chi connectivity index (χ1v) is 8.59. The molecule has 1 spiro atoms. The smallest absolute Gasteiger partial charge is 0.225 e. The normalized spacial score (nSPS) is 23.5. The number of hydrogen-bond donors (Lipinski definition) is 0. The van der Waals surface area contributed by atoms with Gasteiger partial charge >= 0.3 is 0 Å². The fraction of sp³-hybridized carbons (Fsp3) is 0.667. The number of piperidine rings is 1. The number of rotatable bonds is 1. The lowest BCUT2D eigenvalue weighted by molar-refractivity contribution is -0.0327. The second-order valence-corrected chi connectivity index (χ2v) is 7.03. The third kappa shape index (κ3) is 2.43. The third-order valence-electron chi connectivity index (χ3n) is 5.42. The maximum Gasteiger partial charge on any atom is 0.225 e. The Bertz CT molecular complexity index is 615. The quantitative estimate of drug-likeness (QED) is 0.747. The first-order valence-electron chi connectivity index (χ1n) is 8.59. The molecule has 0 aromatic carbocycles. The highest BCUT2D eigenvalue weighted by Crippen LogP contribution is 2.34. The molecule has 1 saturated heterocycles. The number of ether oxygens (including phenoxy) is 1. The van der Waals surface area contributed by atoms with E-state index in [1.165, 1.54) is 28.9 Å². The van der Waals surface area contributed by atoms with Crippen molar-refractivity contribution in [3.8, 4) is 0 Å². The van der Waals surface area contributed by atoms with E-state index in [2.05, 4.69) is 24.8 Å². The number of aryl methyl sites for hydroxylation is 2. The highest BCUT2D eigenvalue weighted by atomic mass is 16.5. The summed E-state index contributed by atoms with van der Waals surface area (Å²) < 4.78 is 6.11. The Balaban J connectivity index is 1.52. The summed E-state index contributed by atoms with van der Waals surface area (Å²) in [6.45, 7) is 7.21. The second kappa shape index (κ2) is 5.34. The molecule has 1 fully saturated rings. The van der Waals surface area contributed by atoms with Crippen LogP contribution in [0.4, 0.5) is 5.95 Å². The first-order chi connectivity index (χ1) is 10.7. The summed E-state index contributed by atoms with van der Waals surface area (Å²) in [5, 5.41) is 0. The van der Waals surface area contributed by atoms with E-state index in [0.29, 0.717) is 0 Å². The van der Waals surface area contributed by atoms with Crippen LogP contribution < -0.4 is 4.90 Å². The van der Waals surface area contributed by atoms with Gasteiger partial charge in [0.1, 0.15) is 0 Å². The summed E-state index contributed by atoms with van der Waals surface area (Å²) in [6.07, 6.45) is 9.04. The number of fused-ring (bicyclic) bond motifs is 1. The second-order valence-electron chi connectivity index (χ2n) is 7.03. The Hall–Kier alpha value is -1.42. The molecule has 0 bridgehead atoms. The number of nitrogens with zero attached hydrogens (tertiary/aromatic N) is 3. The molecule has 4 nitrogen and oxygen atoms in total. The maximum atomic E-state index is 6.11. The Kier molecular flexibility index (Phi) is 3.44. The van der Waals surface area contributed by atoms with Gasteiger partial charge in [-0.25, -0.2) is 9.97 Å². The topological polar surface area (TPSA) is 38.2 Å². The van der Waals surface area contributed by atoms with Crippen LogP contribution in [0.2, 0.25) is 0 Å². The van der Waals surface area contributed by atoms with Crippen LogP contribution in [0.5, 0.6) is 0 Å². The van der Waals surface area contributed by atoms with Crippen LogP contribution in [0.15, 0.2) is 11.6 Å². The van der Waals surface area contributed by atoms with Crippen LogP contribution in [0.1, 0.15) is 49.6 Å². The Labute approximate surface area is 132 Å². The fourth-order valence-electron chi connectivity index (χ4n) is 4.10. The van der Waals surface area contributed by atoms with E-state index >= 15 is 0 Å². The maximum absolute atomic E-state index is 6.11. The summed E-state index contributed by atoms with van der Waals surface area (Å²) in [7, 11) is 0. The van der Waals surface area contributed by atoms with Gasteiger partial charge in [0.05, 0.1) is 12.2 Å². The predicted octanol–water partition coefficient (Wildman–Crippen LogP) is 2.98. The molecule has 0 N–H and O–H groups in total. The van der Waals surface area contributed by atoms with Gasteiger partial charge in [-0.1, -0.05) is 11.6 Å². The monoisotopic (exact) mass is 299 g/mol. The molecule has 118 valence electrons. The van der Waals surface area contributed by atoms with E-state index < -0.39 is 0 Å². The molecule has 1 aliphatic carbocycles. The Morgan fingerprint density at radius 2 is 1.91 bits per heavy atom. The standard InChI is InChI=1S/C18H25N3O/c1-13-6-11-22-18(12-13)7-9-21(10-8-18)17-19-14(2)15-4-3-5-16(15)20-17/h12H,3-11H2,1-2H3. The summed E-state index contributed by atoms with van der Waals surface area (Å²) in [6, 6.07) is 0. The van der Waals surface area contributed by atoms with Gasteiger partial charge < -0.3 is 9.64 Å². The number of hydrogen-bond acceptors (Lipinski definition) is 4. The van der Waals surface area contributed by atoms with Crippen molar-refractivity contribution in [2.24, 2.45) is 0 Å². The van der Waals surface area contributed by atoms with Crippen molar-refractivity contribution in [2.75, 3.05) is 24.6 Å². The molecule has 4 heteroatoms. The largest absolute Gasteiger partial charge is 0.370 e. The van der Waals surface area contributed by atoms with Crippen molar-refractivity contribution in [3.05, 3.63) is 28.6 Å². The number of aromatic nitrogens is 2. The number of anilines is 1. The van der Waals surface area contributed by atoms with E-state index in [4.69, 9.17) is 14.7 Å². The highest BCUT2D eigenvalue weighted by Gasteiger charge is 2.36. The van der Waals surface area contributed by atoms with Gasteiger partial charge in [-0.2, -0.15) is 0 Å². The molecule has 2 aliphatic heterocycles. The van der Waals surface area contributed by atoms with E-state index in [1.807, 2.05) is 0 Å². The van der Waals surface area contributed by atoms with Crippen LogP contribution in [-0.2, 0) is 17.6 Å². The Morgan fingerprint density at radius 3 is 2.68 bits per heavy atom. The van der Waals surface area contributed by atoms with Gasteiger partial charge in [0.2, 0.25) is 5.95 Å². The molecule has 1 aromatic heterocycles. The van der Waals surface area contributed by atoms with Crippen LogP contribution in [-0.4, -0.2) is 35.3 Å². The van der Waals surface area contributed by atoms with Crippen LogP contribution in [0, 0.1) is 6.92 Å². The summed E-state index contributed by atoms with van der Waals surface area (Å²) in [4.78, 5) is 12.0. The SMILES string of the molecule is CC1=CC2(CCN(c3nc(C)c4c(n3)CCC4)CC2)OCC1. The van der Waals surface area contributed by atoms with Crippen LogP contribution in [0.25, 0.3) is 0 Å². The summed E-state index contributed by atoms with van der Waals surface area (Å²) in [5.41, 5.74) is 5.32.